The van der Waals surface area contributed by atoms with Crippen molar-refractivity contribution < 1.29 is 0 Å². The molecule has 0 spiro atoms. The van der Waals surface area contributed by atoms with Gasteiger partial charge >= 0.3 is 0 Å². The molecular weight excluding hydrogens is 803 g/mol. The average Bonchev–Trinajstić information content (AvgIpc) is 4.06. The van der Waals surface area contributed by atoms with Gasteiger partial charge in [0.2, 0.25) is 5.95 Å². The number of rotatable bonds is 3. The zero-order valence-electron chi connectivity index (χ0n) is 34.8. The van der Waals surface area contributed by atoms with E-state index in [1.54, 1.807) is 11.3 Å². The number of thiophene rings is 2. The van der Waals surface area contributed by atoms with E-state index in [4.69, 9.17) is 9.97 Å². The average molecular weight is 840 g/mol. The van der Waals surface area contributed by atoms with E-state index in [9.17, 15) is 0 Å². The maximum atomic E-state index is 5.85. The normalized spacial score (nSPS) is 13.4. The van der Waals surface area contributed by atoms with Crippen LogP contribution in [-0.2, 0) is 5.41 Å². The van der Waals surface area contributed by atoms with E-state index in [0.717, 1.165) is 38.1 Å². The SMILES string of the molecule is Cc1ccc(-c2ccc3c4c5c6ccccc6sc5c5ccccc5c4n(-c4nc(-c5ccc6c(c5)C(C)(C)c5ccccc5-6)c5c(n4)sc4c6ccccc6ccc45)c3c2)cc1. The molecule has 296 valence electrons. The zero-order chi connectivity index (χ0) is 41.7. The van der Waals surface area contributed by atoms with Crippen molar-refractivity contribution in [3.63, 3.8) is 0 Å². The molecule has 0 fully saturated rings. The maximum absolute atomic E-state index is 5.85. The second kappa shape index (κ2) is 12.7. The van der Waals surface area contributed by atoms with Crippen molar-refractivity contribution in [2.45, 2.75) is 26.2 Å². The van der Waals surface area contributed by atoms with Crippen LogP contribution in [0, 0.1) is 6.92 Å². The fraction of sp³-hybridized carbons (Fsp3) is 0.0690. The second-order valence-corrected chi connectivity index (χ2v) is 19.8. The van der Waals surface area contributed by atoms with Gasteiger partial charge in [-0.05, 0) is 69.3 Å². The molecule has 0 amide bonds. The molecule has 1 aliphatic rings. The molecule has 63 heavy (non-hydrogen) atoms. The van der Waals surface area contributed by atoms with Crippen molar-refractivity contribution in [3.8, 4) is 39.5 Å². The van der Waals surface area contributed by atoms with Crippen LogP contribution < -0.4 is 0 Å². The molecule has 9 aromatic carbocycles. The number of nitrogens with zero attached hydrogens (tertiary/aromatic N) is 3. The Labute approximate surface area is 371 Å². The molecule has 4 aromatic heterocycles. The third kappa shape index (κ3) is 4.84. The fourth-order valence-electron chi connectivity index (χ4n) is 10.9. The third-order valence-electron chi connectivity index (χ3n) is 13.9. The first-order valence-corrected chi connectivity index (χ1v) is 23.3. The summed E-state index contributed by atoms with van der Waals surface area (Å²) in [5.74, 6) is 0.682. The first kappa shape index (κ1) is 35.4. The van der Waals surface area contributed by atoms with E-state index in [0.29, 0.717) is 5.95 Å². The van der Waals surface area contributed by atoms with E-state index < -0.39 is 0 Å². The van der Waals surface area contributed by atoms with Gasteiger partial charge in [0.25, 0.3) is 0 Å². The van der Waals surface area contributed by atoms with Gasteiger partial charge in [-0.3, -0.25) is 4.57 Å². The lowest BCUT2D eigenvalue weighted by Gasteiger charge is -2.22. The molecule has 0 unspecified atom stereocenters. The number of hydrogen-bond donors (Lipinski definition) is 0. The Hall–Kier alpha value is -7.18. The van der Waals surface area contributed by atoms with Gasteiger partial charge in [-0.15, -0.1) is 22.7 Å². The maximum Gasteiger partial charge on any atom is 0.236 e. The van der Waals surface area contributed by atoms with Crippen LogP contribution in [0.3, 0.4) is 0 Å². The van der Waals surface area contributed by atoms with Crippen LogP contribution >= 0.6 is 22.7 Å². The Morgan fingerprint density at radius 2 is 1.17 bits per heavy atom. The molecule has 14 rings (SSSR count). The second-order valence-electron chi connectivity index (χ2n) is 17.8. The summed E-state index contributed by atoms with van der Waals surface area (Å²) in [5.41, 5.74) is 13.1. The highest BCUT2D eigenvalue weighted by Gasteiger charge is 2.36. The Balaban J connectivity index is 1.16. The lowest BCUT2D eigenvalue weighted by molar-refractivity contribution is 0.660. The van der Waals surface area contributed by atoms with Crippen LogP contribution in [0.1, 0.15) is 30.5 Å². The summed E-state index contributed by atoms with van der Waals surface area (Å²) in [6.45, 7) is 6.87. The molecule has 0 radical (unpaired) electrons. The monoisotopic (exact) mass is 839 g/mol. The van der Waals surface area contributed by atoms with E-state index in [-0.39, 0.29) is 5.41 Å². The van der Waals surface area contributed by atoms with Gasteiger partial charge in [0.15, 0.2) is 0 Å². The highest BCUT2D eigenvalue weighted by molar-refractivity contribution is 7.27. The summed E-state index contributed by atoms with van der Waals surface area (Å²) in [6, 6.07) is 62.9. The van der Waals surface area contributed by atoms with Crippen LogP contribution in [0.15, 0.2) is 170 Å². The lowest BCUT2D eigenvalue weighted by Crippen LogP contribution is -2.15. The van der Waals surface area contributed by atoms with Crippen molar-refractivity contribution in [2.75, 3.05) is 0 Å². The first-order chi connectivity index (χ1) is 30.9. The van der Waals surface area contributed by atoms with Crippen LogP contribution in [0.2, 0.25) is 0 Å². The van der Waals surface area contributed by atoms with Crippen LogP contribution in [-0.4, -0.2) is 14.5 Å². The minimum atomic E-state index is -0.156. The number of benzene rings is 9. The molecule has 0 atom stereocenters. The van der Waals surface area contributed by atoms with Crippen molar-refractivity contribution in [1.29, 1.82) is 0 Å². The van der Waals surface area contributed by atoms with Crippen molar-refractivity contribution >= 4 is 106 Å². The van der Waals surface area contributed by atoms with Crippen LogP contribution in [0.5, 0.6) is 0 Å². The predicted molar refractivity (Wildman–Crippen MR) is 270 cm³/mol. The molecule has 3 nitrogen and oxygen atoms in total. The van der Waals surface area contributed by atoms with Gasteiger partial charge in [-0.2, -0.15) is 0 Å². The smallest absolute Gasteiger partial charge is 0.236 e. The summed E-state index contributed by atoms with van der Waals surface area (Å²) < 4.78 is 6.25. The van der Waals surface area contributed by atoms with E-state index in [2.05, 4.69) is 195 Å². The van der Waals surface area contributed by atoms with Gasteiger partial charge in [0.1, 0.15) is 4.83 Å². The number of fused-ring (bicyclic) bond motifs is 18. The molecule has 0 N–H and O–H groups in total. The quantitative estimate of drug-likeness (QED) is 0.177. The molecule has 0 bridgehead atoms. The Kier molecular flexibility index (Phi) is 7.14. The van der Waals surface area contributed by atoms with Crippen molar-refractivity contribution in [1.82, 2.24) is 14.5 Å². The molecule has 1 aliphatic carbocycles. The summed E-state index contributed by atoms with van der Waals surface area (Å²) >= 11 is 3.68. The summed E-state index contributed by atoms with van der Waals surface area (Å²) in [6.07, 6.45) is 0. The highest BCUT2D eigenvalue weighted by atomic mass is 32.1. The zero-order valence-corrected chi connectivity index (χ0v) is 36.5. The largest absolute Gasteiger partial charge is 0.277 e. The van der Waals surface area contributed by atoms with Gasteiger partial charge in [-0.25, -0.2) is 9.97 Å². The standard InChI is InChI=1S/C58H37N3S2/c1-32-20-22-33(23-21-32)35-25-28-42-47(31-35)61(53-40-15-6-7-16-41(40)55-50(49(42)53)43-17-9-11-19-48(43)62-55)57-59-52(36-26-27-39-38-14-8-10-18-45(38)58(2,3)46(39)30-36)51-44-29-24-34-12-4-5-13-37(34)54(44)63-56(51)60-57/h4-31H,1-3H3. The molecule has 4 heterocycles. The Morgan fingerprint density at radius 1 is 0.476 bits per heavy atom. The van der Waals surface area contributed by atoms with Crippen molar-refractivity contribution in [3.05, 3.63) is 187 Å². The molecule has 0 aliphatic heterocycles. The Bertz CT molecular complexity index is 4130. The van der Waals surface area contributed by atoms with Crippen molar-refractivity contribution in [2.24, 2.45) is 0 Å². The molecular formula is C58H37N3S2. The minimum Gasteiger partial charge on any atom is -0.277 e. The number of aryl methyl sites for hydroxylation is 1. The van der Waals surface area contributed by atoms with E-state index in [1.165, 1.54) is 96.0 Å². The number of hydrogen-bond acceptors (Lipinski definition) is 4. The van der Waals surface area contributed by atoms with Gasteiger partial charge in [0.05, 0.1) is 16.7 Å². The lowest BCUT2D eigenvalue weighted by atomic mass is 9.82. The minimum absolute atomic E-state index is 0.156. The van der Waals surface area contributed by atoms with Crippen LogP contribution in [0.4, 0.5) is 0 Å². The van der Waals surface area contributed by atoms with E-state index >= 15 is 0 Å². The van der Waals surface area contributed by atoms with Gasteiger partial charge < -0.3 is 0 Å². The summed E-state index contributed by atoms with van der Waals surface area (Å²) in [4.78, 5) is 12.5. The van der Waals surface area contributed by atoms with Gasteiger partial charge in [-0.1, -0.05) is 171 Å². The summed E-state index contributed by atoms with van der Waals surface area (Å²) in [5, 5.41) is 12.2. The number of aromatic nitrogens is 3. The molecule has 0 saturated heterocycles. The molecule has 13 aromatic rings. The predicted octanol–water partition coefficient (Wildman–Crippen LogP) is 16.6. The molecule has 0 saturated carbocycles. The summed E-state index contributed by atoms with van der Waals surface area (Å²) in [7, 11) is 0. The van der Waals surface area contributed by atoms with Gasteiger partial charge in [0, 0.05) is 68.2 Å². The Morgan fingerprint density at radius 3 is 2.05 bits per heavy atom. The third-order valence-corrected chi connectivity index (χ3v) is 16.2. The highest BCUT2D eigenvalue weighted by Crippen LogP contribution is 2.52. The fourth-order valence-corrected chi connectivity index (χ4v) is 13.3. The van der Waals surface area contributed by atoms with Crippen LogP contribution in [0.25, 0.3) is 123 Å². The van der Waals surface area contributed by atoms with E-state index in [1.807, 2.05) is 11.3 Å². The first-order valence-electron chi connectivity index (χ1n) is 21.6. The topological polar surface area (TPSA) is 30.7 Å². The molecule has 5 heteroatoms.